The molecule has 0 aliphatic carbocycles. The Morgan fingerprint density at radius 2 is 1.90 bits per heavy atom. The Morgan fingerprint density at radius 3 is 2.60 bits per heavy atom. The van der Waals surface area contributed by atoms with E-state index in [9.17, 15) is 4.79 Å². The third-order valence-corrected chi connectivity index (χ3v) is 2.79. The van der Waals surface area contributed by atoms with Crippen LogP contribution in [0.2, 0.25) is 0 Å². The second-order valence-corrected chi connectivity index (χ2v) is 5.08. The van der Waals surface area contributed by atoms with Crippen molar-refractivity contribution in [2.75, 3.05) is 19.7 Å². The van der Waals surface area contributed by atoms with Crippen molar-refractivity contribution in [2.24, 2.45) is 0 Å². The number of hydrogen-bond acceptors (Lipinski definition) is 3. The van der Waals surface area contributed by atoms with E-state index in [0.29, 0.717) is 25.6 Å². The van der Waals surface area contributed by atoms with Crippen LogP contribution in [0.15, 0.2) is 30.3 Å². The molecule has 0 bridgehead atoms. The van der Waals surface area contributed by atoms with E-state index >= 15 is 0 Å². The fraction of sp³-hybridized carbons (Fsp3) is 0.562. The number of hydrogen-bond donors (Lipinski definition) is 2. The number of amides is 1. The van der Waals surface area contributed by atoms with Crippen LogP contribution < -0.4 is 15.4 Å². The lowest BCUT2D eigenvalue weighted by Gasteiger charge is -2.09. The second-order valence-electron chi connectivity index (χ2n) is 5.08. The fourth-order valence-electron chi connectivity index (χ4n) is 1.73. The summed E-state index contributed by atoms with van der Waals surface area (Å²) in [7, 11) is 0. The lowest BCUT2D eigenvalue weighted by Crippen LogP contribution is -2.28. The monoisotopic (exact) mass is 278 g/mol. The number of carbonyl (C=O) groups excluding carboxylic acids is 1. The van der Waals surface area contributed by atoms with Gasteiger partial charge in [0.25, 0.3) is 0 Å². The average Bonchev–Trinajstić information content (AvgIpc) is 2.44. The molecule has 1 amide bonds. The van der Waals surface area contributed by atoms with Gasteiger partial charge in [0.15, 0.2) is 0 Å². The summed E-state index contributed by atoms with van der Waals surface area (Å²) in [6.07, 6.45) is 2.29. The number of carbonyl (C=O) groups is 1. The molecule has 4 nitrogen and oxygen atoms in total. The highest BCUT2D eigenvalue weighted by atomic mass is 16.5. The topological polar surface area (TPSA) is 50.4 Å². The average molecular weight is 278 g/mol. The molecule has 0 fully saturated rings. The van der Waals surface area contributed by atoms with Crippen LogP contribution in [-0.2, 0) is 4.79 Å². The maximum Gasteiger partial charge on any atom is 0.220 e. The van der Waals surface area contributed by atoms with Gasteiger partial charge >= 0.3 is 0 Å². The molecule has 1 aromatic rings. The van der Waals surface area contributed by atoms with Crippen LogP contribution in [0.4, 0.5) is 0 Å². The molecule has 0 saturated carbocycles. The summed E-state index contributed by atoms with van der Waals surface area (Å²) < 4.78 is 5.55. The Morgan fingerprint density at radius 1 is 1.15 bits per heavy atom. The molecule has 0 aliphatic heterocycles. The molecule has 0 unspecified atom stereocenters. The van der Waals surface area contributed by atoms with Crippen LogP contribution in [0.25, 0.3) is 0 Å². The minimum Gasteiger partial charge on any atom is -0.494 e. The SMILES string of the molecule is CC(C)NCCCC(=O)NCCCOc1ccccc1. The van der Waals surface area contributed by atoms with Crippen molar-refractivity contribution in [2.45, 2.75) is 39.2 Å². The maximum absolute atomic E-state index is 11.5. The number of ether oxygens (including phenoxy) is 1. The minimum absolute atomic E-state index is 0.121. The predicted octanol–water partition coefficient (Wildman–Crippen LogP) is 2.35. The third kappa shape index (κ3) is 8.53. The van der Waals surface area contributed by atoms with Crippen molar-refractivity contribution in [1.82, 2.24) is 10.6 Å². The maximum atomic E-state index is 11.5. The molecule has 0 heterocycles. The van der Waals surface area contributed by atoms with E-state index in [1.54, 1.807) is 0 Å². The van der Waals surface area contributed by atoms with Gasteiger partial charge in [-0.15, -0.1) is 0 Å². The fourth-order valence-corrected chi connectivity index (χ4v) is 1.73. The lowest BCUT2D eigenvalue weighted by atomic mass is 10.2. The molecule has 0 atom stereocenters. The summed E-state index contributed by atoms with van der Waals surface area (Å²) in [5.74, 6) is 0.994. The van der Waals surface area contributed by atoms with E-state index in [0.717, 1.165) is 25.1 Å². The van der Waals surface area contributed by atoms with Crippen molar-refractivity contribution < 1.29 is 9.53 Å². The highest BCUT2D eigenvalue weighted by molar-refractivity contribution is 5.75. The van der Waals surface area contributed by atoms with Crippen LogP contribution >= 0.6 is 0 Å². The van der Waals surface area contributed by atoms with Crippen molar-refractivity contribution in [3.8, 4) is 5.75 Å². The lowest BCUT2D eigenvalue weighted by molar-refractivity contribution is -0.121. The van der Waals surface area contributed by atoms with Crippen LogP contribution in [-0.4, -0.2) is 31.6 Å². The molecule has 0 saturated heterocycles. The quantitative estimate of drug-likeness (QED) is 0.646. The van der Waals surface area contributed by atoms with E-state index in [-0.39, 0.29) is 5.91 Å². The number of benzene rings is 1. The van der Waals surface area contributed by atoms with Gasteiger partial charge < -0.3 is 15.4 Å². The largest absolute Gasteiger partial charge is 0.494 e. The highest BCUT2D eigenvalue weighted by Crippen LogP contribution is 2.07. The van der Waals surface area contributed by atoms with Gasteiger partial charge in [-0.1, -0.05) is 32.0 Å². The van der Waals surface area contributed by atoms with Crippen molar-refractivity contribution >= 4 is 5.91 Å². The molecule has 0 spiro atoms. The van der Waals surface area contributed by atoms with Crippen molar-refractivity contribution in [1.29, 1.82) is 0 Å². The van der Waals surface area contributed by atoms with Crippen molar-refractivity contribution in [3.63, 3.8) is 0 Å². The van der Waals surface area contributed by atoms with Gasteiger partial charge in [-0.05, 0) is 31.5 Å². The molecule has 2 N–H and O–H groups in total. The molecular formula is C16H26N2O2. The molecule has 0 radical (unpaired) electrons. The minimum atomic E-state index is 0.121. The molecule has 112 valence electrons. The van der Waals surface area contributed by atoms with E-state index in [1.807, 2.05) is 30.3 Å². The van der Waals surface area contributed by atoms with Gasteiger partial charge in [0.1, 0.15) is 5.75 Å². The summed E-state index contributed by atoms with van der Waals surface area (Å²) in [5.41, 5.74) is 0. The van der Waals surface area contributed by atoms with Gasteiger partial charge in [0.2, 0.25) is 5.91 Å². The molecule has 1 rings (SSSR count). The Labute approximate surface area is 121 Å². The van der Waals surface area contributed by atoms with E-state index in [1.165, 1.54) is 0 Å². The first-order valence-corrected chi connectivity index (χ1v) is 7.36. The first-order chi connectivity index (χ1) is 9.68. The van der Waals surface area contributed by atoms with Gasteiger partial charge in [0.05, 0.1) is 6.61 Å². The summed E-state index contributed by atoms with van der Waals surface area (Å²) in [4.78, 5) is 11.5. The molecular weight excluding hydrogens is 252 g/mol. The predicted molar refractivity (Wildman–Crippen MR) is 81.9 cm³/mol. The molecule has 4 heteroatoms. The zero-order valence-electron chi connectivity index (χ0n) is 12.5. The highest BCUT2D eigenvalue weighted by Gasteiger charge is 2.01. The van der Waals surface area contributed by atoms with Gasteiger partial charge in [-0.3, -0.25) is 4.79 Å². The summed E-state index contributed by atoms with van der Waals surface area (Å²) in [5, 5.41) is 6.21. The van der Waals surface area contributed by atoms with Gasteiger partial charge in [0, 0.05) is 19.0 Å². The van der Waals surface area contributed by atoms with Crippen LogP contribution in [0.5, 0.6) is 5.75 Å². The number of para-hydroxylation sites is 1. The Kier molecular flexibility index (Phi) is 8.47. The molecule has 1 aromatic carbocycles. The zero-order valence-corrected chi connectivity index (χ0v) is 12.5. The van der Waals surface area contributed by atoms with Crippen LogP contribution in [0.3, 0.4) is 0 Å². The number of nitrogens with one attached hydrogen (secondary N) is 2. The van der Waals surface area contributed by atoms with Crippen molar-refractivity contribution in [3.05, 3.63) is 30.3 Å². The first kappa shape index (κ1) is 16.5. The molecule has 0 aromatic heterocycles. The van der Waals surface area contributed by atoms with Gasteiger partial charge in [-0.2, -0.15) is 0 Å². The first-order valence-electron chi connectivity index (χ1n) is 7.36. The molecule has 20 heavy (non-hydrogen) atoms. The second kappa shape index (κ2) is 10.3. The number of rotatable bonds is 10. The molecule has 0 aliphatic rings. The van der Waals surface area contributed by atoms with E-state index in [2.05, 4.69) is 24.5 Å². The standard InChI is InChI=1S/C16H26N2O2/c1-14(2)17-11-6-10-16(19)18-12-7-13-20-15-8-4-3-5-9-15/h3-5,8-9,14,17H,6-7,10-13H2,1-2H3,(H,18,19). The smallest absolute Gasteiger partial charge is 0.220 e. The normalized spacial score (nSPS) is 10.6. The Bertz CT molecular complexity index is 366. The van der Waals surface area contributed by atoms with E-state index in [4.69, 9.17) is 4.74 Å². The van der Waals surface area contributed by atoms with Crippen LogP contribution in [0, 0.1) is 0 Å². The van der Waals surface area contributed by atoms with Gasteiger partial charge in [-0.25, -0.2) is 0 Å². The van der Waals surface area contributed by atoms with Crippen LogP contribution in [0.1, 0.15) is 33.1 Å². The zero-order chi connectivity index (χ0) is 14.6. The Hall–Kier alpha value is -1.55. The third-order valence-electron chi connectivity index (χ3n) is 2.79. The summed E-state index contributed by atoms with van der Waals surface area (Å²) >= 11 is 0. The Balaban J connectivity index is 1.94. The summed E-state index contributed by atoms with van der Waals surface area (Å²) in [6.45, 7) is 6.39. The van der Waals surface area contributed by atoms with E-state index < -0.39 is 0 Å². The summed E-state index contributed by atoms with van der Waals surface area (Å²) in [6, 6.07) is 10.2.